The predicted molar refractivity (Wildman–Crippen MR) is 91.1 cm³/mol. The molecule has 0 aliphatic carbocycles. The van der Waals surface area contributed by atoms with Gasteiger partial charge < -0.3 is 4.74 Å². The van der Waals surface area contributed by atoms with Gasteiger partial charge in [0.15, 0.2) is 5.65 Å². The zero-order valence-corrected chi connectivity index (χ0v) is 13.8. The summed E-state index contributed by atoms with van der Waals surface area (Å²) in [6, 6.07) is 9.82. The highest BCUT2D eigenvalue weighted by atomic mass is 16.5. The Morgan fingerprint density at radius 2 is 1.79 bits per heavy atom. The molecular weight excluding hydrogens is 302 g/mol. The lowest BCUT2D eigenvalue weighted by molar-refractivity contribution is 0.286. The Balaban J connectivity index is 1.66. The molecular formula is C18H17N5O. The first-order valence-corrected chi connectivity index (χ1v) is 7.79. The van der Waals surface area contributed by atoms with Gasteiger partial charge in [0.25, 0.3) is 0 Å². The number of benzene rings is 1. The van der Waals surface area contributed by atoms with Crippen LogP contribution in [0.1, 0.15) is 22.8 Å². The minimum absolute atomic E-state index is 0.335. The van der Waals surface area contributed by atoms with Crippen LogP contribution in [0.5, 0.6) is 5.88 Å². The molecule has 0 bridgehead atoms. The van der Waals surface area contributed by atoms with E-state index in [1.54, 1.807) is 4.52 Å². The molecule has 0 aliphatic rings. The predicted octanol–water partition coefficient (Wildman–Crippen LogP) is 3.18. The zero-order valence-electron chi connectivity index (χ0n) is 13.8. The van der Waals surface area contributed by atoms with Crippen molar-refractivity contribution in [1.82, 2.24) is 24.6 Å². The van der Waals surface area contributed by atoms with Crippen LogP contribution in [-0.2, 0) is 6.61 Å². The highest BCUT2D eigenvalue weighted by molar-refractivity contribution is 5.80. The Morgan fingerprint density at radius 3 is 2.67 bits per heavy atom. The Bertz CT molecular complexity index is 1050. The van der Waals surface area contributed by atoms with Gasteiger partial charge in [0.1, 0.15) is 6.61 Å². The summed E-state index contributed by atoms with van der Waals surface area (Å²) in [7, 11) is 0. The first kappa shape index (κ1) is 14.6. The summed E-state index contributed by atoms with van der Waals surface area (Å²) in [5, 5.41) is 5.55. The van der Waals surface area contributed by atoms with E-state index in [1.807, 2.05) is 57.3 Å². The Labute approximate surface area is 139 Å². The zero-order chi connectivity index (χ0) is 16.7. The van der Waals surface area contributed by atoms with E-state index in [0.29, 0.717) is 12.5 Å². The molecule has 0 amide bonds. The van der Waals surface area contributed by atoms with Crippen LogP contribution in [0.15, 0.2) is 36.5 Å². The topological polar surface area (TPSA) is 65.2 Å². The number of aromatic nitrogens is 5. The normalized spacial score (nSPS) is 11.3. The number of fused-ring (bicyclic) bond motifs is 3. The van der Waals surface area contributed by atoms with Gasteiger partial charge in [0.05, 0.1) is 28.3 Å². The molecule has 0 radical (unpaired) electrons. The van der Waals surface area contributed by atoms with Gasteiger partial charge in [0.2, 0.25) is 5.88 Å². The molecule has 0 fully saturated rings. The molecule has 6 nitrogen and oxygen atoms in total. The van der Waals surface area contributed by atoms with Crippen molar-refractivity contribution < 1.29 is 4.74 Å². The minimum atomic E-state index is 0.335. The molecule has 0 unspecified atom stereocenters. The van der Waals surface area contributed by atoms with Crippen LogP contribution in [0.2, 0.25) is 0 Å². The summed E-state index contributed by atoms with van der Waals surface area (Å²) in [5.41, 5.74) is 5.33. The Hall–Kier alpha value is -3.02. The molecule has 0 N–H and O–H groups in total. The van der Waals surface area contributed by atoms with Crippen molar-refractivity contribution in [3.8, 4) is 5.88 Å². The van der Waals surface area contributed by atoms with E-state index in [2.05, 4.69) is 20.1 Å². The van der Waals surface area contributed by atoms with E-state index in [0.717, 1.165) is 39.3 Å². The van der Waals surface area contributed by atoms with Crippen molar-refractivity contribution in [2.24, 2.45) is 0 Å². The average Bonchev–Trinajstić information content (AvgIpc) is 3.00. The number of hydrogen-bond acceptors (Lipinski definition) is 5. The molecule has 0 spiro atoms. The maximum atomic E-state index is 5.83. The summed E-state index contributed by atoms with van der Waals surface area (Å²) >= 11 is 0. The SMILES string of the molecule is Cc1nc(C)c(COc2cc3ncc4ccccc4n3n2)nc1C. The van der Waals surface area contributed by atoms with E-state index in [-0.39, 0.29) is 0 Å². The first-order chi connectivity index (χ1) is 11.6. The maximum Gasteiger partial charge on any atom is 0.235 e. The van der Waals surface area contributed by atoms with Crippen LogP contribution in [0.25, 0.3) is 16.6 Å². The van der Waals surface area contributed by atoms with Gasteiger partial charge in [-0.15, -0.1) is 5.10 Å². The van der Waals surface area contributed by atoms with Gasteiger partial charge in [-0.3, -0.25) is 9.97 Å². The maximum absolute atomic E-state index is 5.83. The van der Waals surface area contributed by atoms with Gasteiger partial charge in [-0.25, -0.2) is 9.50 Å². The highest BCUT2D eigenvalue weighted by Crippen LogP contribution is 2.19. The third-order valence-corrected chi connectivity index (χ3v) is 4.11. The van der Waals surface area contributed by atoms with Gasteiger partial charge >= 0.3 is 0 Å². The molecule has 3 heterocycles. The second-order valence-electron chi connectivity index (χ2n) is 5.78. The molecule has 4 rings (SSSR count). The molecule has 0 saturated heterocycles. The minimum Gasteiger partial charge on any atom is -0.470 e. The van der Waals surface area contributed by atoms with Crippen molar-refractivity contribution in [3.05, 3.63) is 59.3 Å². The molecule has 0 atom stereocenters. The van der Waals surface area contributed by atoms with E-state index in [9.17, 15) is 0 Å². The van der Waals surface area contributed by atoms with Crippen molar-refractivity contribution in [3.63, 3.8) is 0 Å². The number of hydrogen-bond donors (Lipinski definition) is 0. The van der Waals surface area contributed by atoms with Crippen LogP contribution in [0.3, 0.4) is 0 Å². The molecule has 120 valence electrons. The molecule has 3 aromatic heterocycles. The quantitative estimate of drug-likeness (QED) is 0.580. The average molecular weight is 319 g/mol. The summed E-state index contributed by atoms with van der Waals surface area (Å²) in [6.45, 7) is 6.18. The summed E-state index contributed by atoms with van der Waals surface area (Å²) in [5.74, 6) is 0.526. The van der Waals surface area contributed by atoms with Gasteiger partial charge in [0, 0.05) is 17.6 Å². The lowest BCUT2D eigenvalue weighted by Gasteiger charge is -2.07. The summed E-state index contributed by atoms with van der Waals surface area (Å²) in [6.07, 6.45) is 1.84. The van der Waals surface area contributed by atoms with Gasteiger partial charge in [-0.2, -0.15) is 0 Å². The molecule has 0 saturated carbocycles. The van der Waals surface area contributed by atoms with Crippen molar-refractivity contribution in [1.29, 1.82) is 0 Å². The van der Waals surface area contributed by atoms with Crippen LogP contribution >= 0.6 is 0 Å². The number of ether oxygens (including phenoxy) is 1. The third kappa shape index (κ3) is 2.46. The van der Waals surface area contributed by atoms with E-state index < -0.39 is 0 Å². The van der Waals surface area contributed by atoms with E-state index in [1.165, 1.54) is 0 Å². The van der Waals surface area contributed by atoms with Gasteiger partial charge in [-0.05, 0) is 26.8 Å². The fourth-order valence-electron chi connectivity index (χ4n) is 2.66. The molecule has 0 aliphatic heterocycles. The van der Waals surface area contributed by atoms with E-state index in [4.69, 9.17) is 4.74 Å². The fourth-order valence-corrected chi connectivity index (χ4v) is 2.66. The summed E-state index contributed by atoms with van der Waals surface area (Å²) < 4.78 is 7.62. The molecule has 6 heteroatoms. The first-order valence-electron chi connectivity index (χ1n) is 7.79. The lowest BCUT2D eigenvalue weighted by Crippen LogP contribution is -2.06. The van der Waals surface area contributed by atoms with Crippen LogP contribution in [0, 0.1) is 20.8 Å². The standard InChI is InChI=1S/C18H17N5O/c1-11-12(2)21-15(13(3)20-11)10-24-18-8-17-19-9-14-6-4-5-7-16(14)23(17)22-18/h4-9H,10H2,1-3H3. The fraction of sp³-hybridized carbons (Fsp3) is 0.222. The third-order valence-electron chi connectivity index (χ3n) is 4.11. The smallest absolute Gasteiger partial charge is 0.235 e. The highest BCUT2D eigenvalue weighted by Gasteiger charge is 2.10. The van der Waals surface area contributed by atoms with Gasteiger partial charge in [-0.1, -0.05) is 18.2 Å². The second kappa shape index (κ2) is 5.56. The van der Waals surface area contributed by atoms with Crippen LogP contribution in [0.4, 0.5) is 0 Å². The van der Waals surface area contributed by atoms with Crippen molar-refractivity contribution >= 4 is 16.6 Å². The molecule has 1 aromatic carbocycles. The Morgan fingerprint density at radius 1 is 1.00 bits per heavy atom. The van der Waals surface area contributed by atoms with Crippen LogP contribution in [-0.4, -0.2) is 24.6 Å². The number of rotatable bonds is 3. The largest absolute Gasteiger partial charge is 0.470 e. The summed E-state index contributed by atoms with van der Waals surface area (Å²) in [4.78, 5) is 13.5. The Kier molecular flexibility index (Phi) is 3.37. The molecule has 4 aromatic rings. The number of nitrogens with zero attached hydrogens (tertiary/aromatic N) is 5. The van der Waals surface area contributed by atoms with Crippen molar-refractivity contribution in [2.45, 2.75) is 27.4 Å². The van der Waals surface area contributed by atoms with E-state index >= 15 is 0 Å². The number of para-hydroxylation sites is 1. The second-order valence-corrected chi connectivity index (χ2v) is 5.78. The molecule has 24 heavy (non-hydrogen) atoms. The van der Waals surface area contributed by atoms with Crippen molar-refractivity contribution in [2.75, 3.05) is 0 Å². The number of aryl methyl sites for hydroxylation is 3. The monoisotopic (exact) mass is 319 g/mol. The lowest BCUT2D eigenvalue weighted by atomic mass is 10.2. The van der Waals surface area contributed by atoms with Crippen LogP contribution < -0.4 is 4.74 Å².